The second-order valence-corrected chi connectivity index (χ2v) is 6.49. The van der Waals surface area contributed by atoms with Crippen LogP contribution in [-0.2, 0) is 6.54 Å². The maximum Gasteiger partial charge on any atom is 0.270 e. The van der Waals surface area contributed by atoms with Crippen molar-refractivity contribution in [1.82, 2.24) is 9.47 Å². The van der Waals surface area contributed by atoms with Gasteiger partial charge >= 0.3 is 0 Å². The Labute approximate surface area is 124 Å². The van der Waals surface area contributed by atoms with Crippen LogP contribution in [0.5, 0.6) is 0 Å². The number of amides is 1. The zero-order chi connectivity index (χ0) is 13.8. The van der Waals surface area contributed by atoms with Gasteiger partial charge in [0.2, 0.25) is 0 Å². The summed E-state index contributed by atoms with van der Waals surface area (Å²) in [5, 5.41) is 0. The Hall–Kier alpha value is -0.770. The summed E-state index contributed by atoms with van der Waals surface area (Å²) >= 11 is 3.47. The maximum absolute atomic E-state index is 12.5. The average molecular weight is 327 g/mol. The first-order valence-corrected chi connectivity index (χ1v) is 8.02. The highest BCUT2D eigenvalue weighted by Gasteiger charge is 2.22. The second kappa shape index (κ2) is 6.60. The Morgan fingerprint density at radius 1 is 1.47 bits per heavy atom. The predicted octanol–water partition coefficient (Wildman–Crippen LogP) is 3.92. The Balaban J connectivity index is 2.04. The van der Waals surface area contributed by atoms with E-state index in [1.54, 1.807) is 0 Å². The lowest BCUT2D eigenvalue weighted by molar-refractivity contribution is 0.0762. The molecular weight excluding hydrogens is 304 g/mol. The van der Waals surface area contributed by atoms with Crippen molar-refractivity contribution < 1.29 is 4.79 Å². The van der Waals surface area contributed by atoms with Crippen molar-refractivity contribution in [2.24, 2.45) is 5.92 Å². The van der Waals surface area contributed by atoms with Gasteiger partial charge in [0.1, 0.15) is 5.69 Å². The summed E-state index contributed by atoms with van der Waals surface area (Å²) in [7, 11) is 1.93. The first kappa shape index (κ1) is 14.6. The van der Waals surface area contributed by atoms with Crippen molar-refractivity contribution >= 4 is 21.8 Å². The van der Waals surface area contributed by atoms with Gasteiger partial charge in [0.15, 0.2) is 0 Å². The number of hydrogen-bond donors (Lipinski definition) is 0. The van der Waals surface area contributed by atoms with Gasteiger partial charge in [-0.3, -0.25) is 4.79 Å². The van der Waals surface area contributed by atoms with Gasteiger partial charge in [-0.2, -0.15) is 0 Å². The molecule has 0 spiro atoms. The van der Waals surface area contributed by atoms with E-state index in [9.17, 15) is 4.79 Å². The molecule has 0 bridgehead atoms. The van der Waals surface area contributed by atoms with Crippen LogP contribution < -0.4 is 0 Å². The third-order valence-corrected chi connectivity index (χ3v) is 4.33. The first-order chi connectivity index (χ1) is 9.11. The highest BCUT2D eigenvalue weighted by molar-refractivity contribution is 9.10. The van der Waals surface area contributed by atoms with Crippen molar-refractivity contribution in [1.29, 1.82) is 0 Å². The van der Waals surface area contributed by atoms with Crippen LogP contribution in [0.4, 0.5) is 0 Å². The fraction of sp³-hybridized carbons (Fsp3) is 0.667. The molecule has 0 aliphatic heterocycles. The van der Waals surface area contributed by atoms with E-state index >= 15 is 0 Å². The van der Waals surface area contributed by atoms with Crippen LogP contribution in [0.1, 0.15) is 49.5 Å². The molecule has 0 unspecified atom stereocenters. The molecule has 19 heavy (non-hydrogen) atoms. The van der Waals surface area contributed by atoms with Crippen LogP contribution in [0.25, 0.3) is 0 Å². The van der Waals surface area contributed by atoms with Crippen LogP contribution in [0.2, 0.25) is 0 Å². The smallest absolute Gasteiger partial charge is 0.270 e. The van der Waals surface area contributed by atoms with Gasteiger partial charge < -0.3 is 9.47 Å². The lowest BCUT2D eigenvalue weighted by atomic mass is 10.1. The number of carbonyl (C=O) groups excluding carboxylic acids is 1. The molecule has 2 rings (SSSR count). The lowest BCUT2D eigenvalue weighted by Gasteiger charge is -2.21. The normalized spacial score (nSPS) is 15.9. The van der Waals surface area contributed by atoms with Gasteiger partial charge in [-0.05, 0) is 47.2 Å². The summed E-state index contributed by atoms with van der Waals surface area (Å²) in [4.78, 5) is 14.4. The Kier molecular flexibility index (Phi) is 5.08. The molecule has 0 atom stereocenters. The quantitative estimate of drug-likeness (QED) is 0.805. The summed E-state index contributed by atoms with van der Waals surface area (Å²) in [6.07, 6.45) is 8.23. The number of carbonyl (C=O) groups is 1. The second-order valence-electron chi connectivity index (χ2n) is 5.57. The third-order valence-electron chi connectivity index (χ3n) is 3.90. The minimum atomic E-state index is 0.144. The molecule has 1 aliphatic rings. The molecular formula is C15H23BrN2O. The molecule has 0 N–H and O–H groups in total. The lowest BCUT2D eigenvalue weighted by Crippen LogP contribution is -2.32. The predicted molar refractivity (Wildman–Crippen MR) is 81.3 cm³/mol. The van der Waals surface area contributed by atoms with Crippen LogP contribution in [0.3, 0.4) is 0 Å². The van der Waals surface area contributed by atoms with Crippen molar-refractivity contribution in [3.05, 3.63) is 22.4 Å². The highest BCUT2D eigenvalue weighted by atomic mass is 79.9. The summed E-state index contributed by atoms with van der Waals surface area (Å²) < 4.78 is 3.04. The van der Waals surface area contributed by atoms with E-state index in [1.165, 1.54) is 25.7 Å². The van der Waals surface area contributed by atoms with E-state index in [4.69, 9.17) is 0 Å². The number of hydrogen-bond acceptors (Lipinski definition) is 1. The Morgan fingerprint density at radius 2 is 2.16 bits per heavy atom. The number of halogens is 1. The van der Waals surface area contributed by atoms with E-state index < -0.39 is 0 Å². The van der Waals surface area contributed by atoms with E-state index in [2.05, 4.69) is 27.4 Å². The van der Waals surface area contributed by atoms with Crippen molar-refractivity contribution in [3.8, 4) is 0 Å². The molecule has 1 heterocycles. The van der Waals surface area contributed by atoms with Gasteiger partial charge in [0.25, 0.3) is 5.91 Å². The highest BCUT2D eigenvalue weighted by Crippen LogP contribution is 2.26. The molecule has 1 fully saturated rings. The minimum absolute atomic E-state index is 0.144. The van der Waals surface area contributed by atoms with Crippen molar-refractivity contribution in [3.63, 3.8) is 0 Å². The largest absolute Gasteiger partial charge is 0.342 e. The number of nitrogens with zero attached hydrogens (tertiary/aromatic N) is 2. The zero-order valence-electron chi connectivity index (χ0n) is 11.9. The van der Waals surface area contributed by atoms with Gasteiger partial charge in [-0.15, -0.1) is 0 Å². The van der Waals surface area contributed by atoms with Crippen LogP contribution in [-0.4, -0.2) is 29.0 Å². The Morgan fingerprint density at radius 3 is 2.79 bits per heavy atom. The van der Waals surface area contributed by atoms with Gasteiger partial charge in [0, 0.05) is 30.8 Å². The monoisotopic (exact) mass is 326 g/mol. The number of aromatic nitrogens is 1. The van der Waals surface area contributed by atoms with Crippen LogP contribution in [0, 0.1) is 5.92 Å². The van der Waals surface area contributed by atoms with Crippen molar-refractivity contribution in [2.75, 3.05) is 13.6 Å². The van der Waals surface area contributed by atoms with E-state index in [0.717, 1.165) is 29.7 Å². The SMILES string of the molecule is CCCn1cc(Br)cc1C(=O)N(C)CC1CCCC1. The number of aryl methyl sites for hydroxylation is 1. The molecule has 1 saturated carbocycles. The van der Waals surface area contributed by atoms with E-state index in [0.29, 0.717) is 5.92 Å². The molecule has 3 nitrogen and oxygen atoms in total. The molecule has 0 aromatic carbocycles. The van der Waals surface area contributed by atoms with Gasteiger partial charge in [0.05, 0.1) is 0 Å². The molecule has 106 valence electrons. The Bertz CT molecular complexity index is 435. The molecule has 4 heteroatoms. The molecule has 1 aromatic heterocycles. The standard InChI is InChI=1S/C15H23BrN2O/c1-3-8-18-11-13(16)9-14(18)15(19)17(2)10-12-6-4-5-7-12/h9,11-12H,3-8,10H2,1-2H3. The molecule has 1 amide bonds. The third kappa shape index (κ3) is 3.62. The number of rotatable bonds is 5. The zero-order valence-corrected chi connectivity index (χ0v) is 13.4. The van der Waals surface area contributed by atoms with Crippen LogP contribution in [0.15, 0.2) is 16.7 Å². The summed E-state index contributed by atoms with van der Waals surface area (Å²) in [5.74, 6) is 0.845. The summed E-state index contributed by atoms with van der Waals surface area (Å²) in [6, 6.07) is 1.93. The fourth-order valence-electron chi connectivity index (χ4n) is 2.94. The van der Waals surface area contributed by atoms with Gasteiger partial charge in [-0.25, -0.2) is 0 Å². The van der Waals surface area contributed by atoms with Crippen LogP contribution >= 0.6 is 15.9 Å². The van der Waals surface area contributed by atoms with Crippen molar-refractivity contribution in [2.45, 2.75) is 45.6 Å². The first-order valence-electron chi connectivity index (χ1n) is 7.23. The fourth-order valence-corrected chi connectivity index (χ4v) is 3.40. The molecule has 0 saturated heterocycles. The van der Waals surface area contributed by atoms with Gasteiger partial charge in [-0.1, -0.05) is 19.8 Å². The summed E-state index contributed by atoms with van der Waals surface area (Å²) in [6.45, 7) is 3.92. The summed E-state index contributed by atoms with van der Waals surface area (Å²) in [5.41, 5.74) is 0.800. The topological polar surface area (TPSA) is 25.2 Å². The average Bonchev–Trinajstić information content (AvgIpc) is 2.98. The minimum Gasteiger partial charge on any atom is -0.342 e. The van der Waals surface area contributed by atoms with E-state index in [1.807, 2.05) is 24.2 Å². The molecule has 0 radical (unpaired) electrons. The maximum atomic E-state index is 12.5. The van der Waals surface area contributed by atoms with E-state index in [-0.39, 0.29) is 5.91 Å². The molecule has 1 aliphatic carbocycles. The molecule has 1 aromatic rings.